The lowest BCUT2D eigenvalue weighted by molar-refractivity contribution is 0.0236. The van der Waals surface area contributed by atoms with Gasteiger partial charge in [-0.2, -0.15) is 5.10 Å². The van der Waals surface area contributed by atoms with Gasteiger partial charge in [0.1, 0.15) is 18.1 Å². The molecule has 3 aromatic rings. The molecule has 0 unspecified atom stereocenters. The number of hydrogen-bond donors (Lipinski definition) is 1. The van der Waals surface area contributed by atoms with Crippen molar-refractivity contribution < 1.29 is 19.3 Å². The van der Waals surface area contributed by atoms with Crippen LogP contribution in [-0.4, -0.2) is 59.3 Å². The van der Waals surface area contributed by atoms with Crippen LogP contribution >= 0.6 is 0 Å². The summed E-state index contributed by atoms with van der Waals surface area (Å²) in [4.78, 5) is 2.20. The minimum Gasteiger partial charge on any atom is -0.497 e. The van der Waals surface area contributed by atoms with E-state index in [-0.39, 0.29) is 13.2 Å². The summed E-state index contributed by atoms with van der Waals surface area (Å²) in [6.45, 7) is 8.47. The van der Waals surface area contributed by atoms with Crippen molar-refractivity contribution in [2.45, 2.75) is 33.4 Å². The average Bonchev–Trinajstić information content (AvgIpc) is 3.14. The van der Waals surface area contributed by atoms with Crippen molar-refractivity contribution in [3.63, 3.8) is 0 Å². The van der Waals surface area contributed by atoms with Gasteiger partial charge in [-0.15, -0.1) is 6.42 Å². The minimum atomic E-state index is -0.655. The summed E-state index contributed by atoms with van der Waals surface area (Å²) in [5.74, 6) is 4.92. The number of nitrogens with zero attached hydrogens (tertiary/aromatic N) is 3. The Morgan fingerprint density at radius 3 is 2.37 bits per heavy atom. The lowest BCUT2D eigenvalue weighted by atomic mass is 10.1. The van der Waals surface area contributed by atoms with Gasteiger partial charge < -0.3 is 19.3 Å². The predicted molar refractivity (Wildman–Crippen MR) is 137 cm³/mol. The highest BCUT2D eigenvalue weighted by molar-refractivity contribution is 5.44. The van der Waals surface area contributed by atoms with Crippen LogP contribution in [0.5, 0.6) is 17.4 Å². The second kappa shape index (κ2) is 13.0. The third-order valence-corrected chi connectivity index (χ3v) is 5.38. The van der Waals surface area contributed by atoms with E-state index in [9.17, 15) is 5.11 Å². The zero-order valence-electron chi connectivity index (χ0n) is 21.0. The van der Waals surface area contributed by atoms with E-state index >= 15 is 0 Å². The first-order valence-electron chi connectivity index (χ1n) is 11.8. The first-order valence-corrected chi connectivity index (χ1v) is 11.8. The highest BCUT2D eigenvalue weighted by atomic mass is 16.5. The van der Waals surface area contributed by atoms with E-state index in [0.29, 0.717) is 30.6 Å². The van der Waals surface area contributed by atoms with E-state index in [0.717, 1.165) is 29.2 Å². The van der Waals surface area contributed by atoms with Gasteiger partial charge in [-0.05, 0) is 49.2 Å². The molecule has 1 aromatic heterocycles. The average molecular weight is 478 g/mol. The predicted octanol–water partition coefficient (Wildman–Crippen LogP) is 4.45. The van der Waals surface area contributed by atoms with Gasteiger partial charge in [0.15, 0.2) is 0 Å². The minimum absolute atomic E-state index is 0.185. The fraction of sp³-hybridized carbons (Fsp3) is 0.393. The molecule has 1 atom stereocenters. The topological polar surface area (TPSA) is 69.0 Å². The van der Waals surface area contributed by atoms with Crippen molar-refractivity contribution >= 4 is 0 Å². The van der Waals surface area contributed by atoms with Crippen LogP contribution in [-0.2, 0) is 11.3 Å². The van der Waals surface area contributed by atoms with E-state index in [1.807, 2.05) is 66.2 Å². The Labute approximate surface area is 208 Å². The number of benzene rings is 2. The summed E-state index contributed by atoms with van der Waals surface area (Å²) in [6, 6.07) is 17.4. The standard InChI is InChI=1S/C28H35N3O4/c1-6-16-34-20-24(32)18-30(17-21(2)3)19-27-22(4)29-31(23-10-8-7-9-11-23)28(27)35-26-14-12-25(33-5)13-15-26/h1,7-15,21,24,32H,16-20H2,2-5H3/t24-/m0/s1. The Morgan fingerprint density at radius 2 is 1.74 bits per heavy atom. The first kappa shape index (κ1) is 26.3. The van der Waals surface area contributed by atoms with E-state index < -0.39 is 6.10 Å². The van der Waals surface area contributed by atoms with E-state index in [2.05, 4.69) is 24.7 Å². The Bertz CT molecular complexity index is 1090. The molecule has 0 bridgehead atoms. The van der Waals surface area contributed by atoms with Crippen LogP contribution in [0.25, 0.3) is 5.69 Å². The number of aryl methyl sites for hydroxylation is 1. The van der Waals surface area contributed by atoms with Gasteiger partial charge in [-0.3, -0.25) is 4.90 Å². The summed E-state index contributed by atoms with van der Waals surface area (Å²) in [6.07, 6.45) is 4.59. The van der Waals surface area contributed by atoms with Gasteiger partial charge >= 0.3 is 0 Å². The maximum Gasteiger partial charge on any atom is 0.227 e. The third kappa shape index (κ3) is 7.59. The molecule has 7 nitrogen and oxygen atoms in total. The first-order chi connectivity index (χ1) is 16.9. The molecule has 0 fully saturated rings. The van der Waals surface area contributed by atoms with Crippen molar-refractivity contribution in [2.24, 2.45) is 5.92 Å². The Balaban J connectivity index is 1.93. The number of aliphatic hydroxyl groups is 1. The second-order valence-corrected chi connectivity index (χ2v) is 8.86. The maximum atomic E-state index is 10.5. The molecular formula is C28H35N3O4. The summed E-state index contributed by atoms with van der Waals surface area (Å²) in [5, 5.41) is 15.4. The number of methoxy groups -OCH3 is 1. The van der Waals surface area contributed by atoms with Crippen LogP contribution in [0.4, 0.5) is 0 Å². The van der Waals surface area contributed by atoms with Crippen LogP contribution in [0, 0.1) is 25.2 Å². The summed E-state index contributed by atoms with van der Waals surface area (Å²) >= 11 is 0. The highest BCUT2D eigenvalue weighted by Crippen LogP contribution is 2.32. The van der Waals surface area contributed by atoms with Crippen molar-refractivity contribution in [1.29, 1.82) is 0 Å². The van der Waals surface area contributed by atoms with Gasteiger partial charge in [0.05, 0.1) is 36.8 Å². The molecule has 0 saturated heterocycles. The molecule has 3 rings (SSSR count). The molecule has 0 aliphatic carbocycles. The lowest BCUT2D eigenvalue weighted by Gasteiger charge is -2.27. The van der Waals surface area contributed by atoms with Crippen molar-refractivity contribution in [3.05, 3.63) is 65.9 Å². The molecule has 2 aromatic carbocycles. The zero-order chi connectivity index (χ0) is 25.2. The lowest BCUT2D eigenvalue weighted by Crippen LogP contribution is -2.37. The quantitative estimate of drug-likeness (QED) is 0.290. The maximum absolute atomic E-state index is 10.5. The molecule has 0 aliphatic rings. The number of para-hydroxylation sites is 1. The molecule has 7 heteroatoms. The van der Waals surface area contributed by atoms with Gasteiger partial charge in [-0.25, -0.2) is 4.68 Å². The van der Waals surface area contributed by atoms with Gasteiger partial charge in [0.2, 0.25) is 5.88 Å². The SMILES string of the molecule is C#CCOC[C@@H](O)CN(Cc1c(C)nn(-c2ccccc2)c1Oc1ccc(OC)cc1)CC(C)C. The normalized spacial score (nSPS) is 12.1. The Morgan fingerprint density at radius 1 is 1.06 bits per heavy atom. The van der Waals surface area contributed by atoms with Crippen LogP contribution in [0.2, 0.25) is 0 Å². The summed E-state index contributed by atoms with van der Waals surface area (Å²) in [5.41, 5.74) is 2.73. The Kier molecular flexibility index (Phi) is 9.74. The van der Waals surface area contributed by atoms with E-state index in [1.165, 1.54) is 0 Å². The largest absolute Gasteiger partial charge is 0.497 e. The van der Waals surface area contributed by atoms with E-state index in [4.69, 9.17) is 25.7 Å². The molecule has 0 saturated carbocycles. The molecule has 0 aliphatic heterocycles. The fourth-order valence-corrected chi connectivity index (χ4v) is 3.87. The van der Waals surface area contributed by atoms with Crippen LogP contribution in [0.1, 0.15) is 25.1 Å². The summed E-state index contributed by atoms with van der Waals surface area (Å²) in [7, 11) is 1.64. The number of aliphatic hydroxyl groups excluding tert-OH is 1. The molecule has 0 spiro atoms. The number of rotatable bonds is 13. The molecule has 35 heavy (non-hydrogen) atoms. The highest BCUT2D eigenvalue weighted by Gasteiger charge is 2.23. The monoisotopic (exact) mass is 477 g/mol. The van der Waals surface area contributed by atoms with Crippen LogP contribution in [0.15, 0.2) is 54.6 Å². The van der Waals surface area contributed by atoms with Crippen molar-refractivity contribution in [3.8, 4) is 35.4 Å². The molecule has 1 N–H and O–H groups in total. The number of aromatic nitrogens is 2. The second-order valence-electron chi connectivity index (χ2n) is 8.86. The number of ether oxygens (including phenoxy) is 3. The molecule has 1 heterocycles. The van der Waals surface area contributed by atoms with Gasteiger partial charge in [-0.1, -0.05) is 38.0 Å². The zero-order valence-corrected chi connectivity index (χ0v) is 21.0. The summed E-state index contributed by atoms with van der Waals surface area (Å²) < 4.78 is 18.9. The molecule has 186 valence electrons. The number of terminal acetylenes is 1. The smallest absolute Gasteiger partial charge is 0.227 e. The van der Waals surface area contributed by atoms with Crippen molar-refractivity contribution in [1.82, 2.24) is 14.7 Å². The van der Waals surface area contributed by atoms with Gasteiger partial charge in [0.25, 0.3) is 0 Å². The van der Waals surface area contributed by atoms with Crippen LogP contribution in [0.3, 0.4) is 0 Å². The fourth-order valence-electron chi connectivity index (χ4n) is 3.87. The van der Waals surface area contributed by atoms with Gasteiger partial charge in [0, 0.05) is 19.6 Å². The van der Waals surface area contributed by atoms with E-state index in [1.54, 1.807) is 7.11 Å². The van der Waals surface area contributed by atoms with Crippen molar-refractivity contribution in [2.75, 3.05) is 33.4 Å². The molecule has 0 radical (unpaired) electrons. The Hall–Kier alpha value is -3.31. The number of hydrogen-bond acceptors (Lipinski definition) is 6. The molecular weight excluding hydrogens is 442 g/mol. The molecule has 0 amide bonds. The van der Waals surface area contributed by atoms with Crippen LogP contribution < -0.4 is 9.47 Å². The third-order valence-electron chi connectivity index (χ3n) is 5.38.